The van der Waals surface area contributed by atoms with Crippen molar-refractivity contribution in [2.24, 2.45) is 0 Å². The van der Waals surface area contributed by atoms with E-state index in [0.29, 0.717) is 0 Å². The van der Waals surface area contributed by atoms with E-state index in [-0.39, 0.29) is 5.48 Å². The molecule has 52 valence electrons. The molecule has 0 radical (unpaired) electrons. The molecule has 0 atom stereocenters. The second kappa shape index (κ2) is 10.2. The summed E-state index contributed by atoms with van der Waals surface area (Å²) in [7, 11) is 0.906. The molecule has 0 aromatic carbocycles. The molecule has 2 nitrogen and oxygen atoms in total. The first-order valence-corrected chi connectivity index (χ1v) is 3.72. The van der Waals surface area contributed by atoms with Crippen molar-refractivity contribution in [1.82, 2.24) is 0 Å². The minimum Gasteiger partial charge on any atom is -0.428 e. The Morgan fingerprint density at radius 3 is 2.38 bits per heavy atom. The maximum Gasteiger partial charge on any atom is 0.145 e. The molecular formula is C5H16O2Si. The van der Waals surface area contributed by atoms with Crippen molar-refractivity contribution in [1.29, 1.82) is 0 Å². The third-order valence-electron chi connectivity index (χ3n) is 0.952. The van der Waals surface area contributed by atoms with Gasteiger partial charge in [0.25, 0.3) is 0 Å². The van der Waals surface area contributed by atoms with Crippen molar-refractivity contribution >= 4 is 10.5 Å². The second-order valence-electron chi connectivity index (χ2n) is 1.70. The van der Waals surface area contributed by atoms with Crippen LogP contribution in [-0.4, -0.2) is 22.6 Å². The Bertz CT molecular complexity index is 29.6. The van der Waals surface area contributed by atoms with Gasteiger partial charge in [0.2, 0.25) is 0 Å². The second-order valence-corrected chi connectivity index (χ2v) is 2.28. The number of hydrogen-bond donors (Lipinski definition) is 0. The third-order valence-corrected chi connectivity index (χ3v) is 1.36. The van der Waals surface area contributed by atoms with Crippen molar-refractivity contribution < 1.29 is 9.90 Å². The van der Waals surface area contributed by atoms with Crippen LogP contribution < -0.4 is 0 Å². The minimum atomic E-state index is 0. The minimum absolute atomic E-state index is 0. The molecule has 0 fully saturated rings. The quantitative estimate of drug-likeness (QED) is 0.384. The summed E-state index contributed by atoms with van der Waals surface area (Å²) >= 11 is 0. The first-order valence-electron chi connectivity index (χ1n) is 2.90. The lowest BCUT2D eigenvalue weighted by Gasteiger charge is -1.93. The van der Waals surface area contributed by atoms with E-state index in [9.17, 15) is 0 Å². The monoisotopic (exact) mass is 136 g/mol. The van der Waals surface area contributed by atoms with Gasteiger partial charge in [-0.1, -0.05) is 19.8 Å². The molecule has 0 aliphatic heterocycles. The average Bonchev–Trinajstić information content (AvgIpc) is 1.69. The molecule has 0 spiro atoms. The van der Waals surface area contributed by atoms with Crippen molar-refractivity contribution in [3.63, 3.8) is 0 Å². The van der Waals surface area contributed by atoms with Gasteiger partial charge < -0.3 is 9.90 Å². The normalized spacial score (nSPS) is 8.62. The Morgan fingerprint density at radius 1 is 1.38 bits per heavy atom. The highest BCUT2D eigenvalue weighted by molar-refractivity contribution is 5.97. The predicted molar refractivity (Wildman–Crippen MR) is 39.0 cm³/mol. The SMILES string of the molecule is CCCCCO[SiH3].O. The number of rotatable bonds is 4. The van der Waals surface area contributed by atoms with E-state index in [2.05, 4.69) is 6.92 Å². The van der Waals surface area contributed by atoms with E-state index in [1.165, 1.54) is 19.3 Å². The molecule has 8 heavy (non-hydrogen) atoms. The van der Waals surface area contributed by atoms with E-state index in [1.807, 2.05) is 0 Å². The Balaban J connectivity index is 0. The Kier molecular flexibility index (Phi) is 14.0. The van der Waals surface area contributed by atoms with Crippen molar-refractivity contribution in [2.45, 2.75) is 26.2 Å². The van der Waals surface area contributed by atoms with Gasteiger partial charge in [-0.25, -0.2) is 0 Å². The summed E-state index contributed by atoms with van der Waals surface area (Å²) in [4.78, 5) is 0. The maximum absolute atomic E-state index is 4.98. The summed E-state index contributed by atoms with van der Waals surface area (Å²) < 4.78 is 4.98. The molecule has 0 aliphatic carbocycles. The zero-order valence-electron chi connectivity index (χ0n) is 5.74. The van der Waals surface area contributed by atoms with Crippen LogP contribution in [0.1, 0.15) is 26.2 Å². The van der Waals surface area contributed by atoms with Crippen LogP contribution in [0, 0.1) is 0 Å². The number of hydrogen-bond acceptors (Lipinski definition) is 1. The van der Waals surface area contributed by atoms with Crippen molar-refractivity contribution in [3.8, 4) is 0 Å². The fraction of sp³-hybridized carbons (Fsp3) is 1.00. The van der Waals surface area contributed by atoms with Gasteiger partial charge >= 0.3 is 0 Å². The largest absolute Gasteiger partial charge is 0.428 e. The lowest BCUT2D eigenvalue weighted by molar-refractivity contribution is 0.335. The highest BCUT2D eigenvalue weighted by atomic mass is 28.2. The smallest absolute Gasteiger partial charge is 0.145 e. The first-order chi connectivity index (χ1) is 3.41. The third kappa shape index (κ3) is 9.46. The molecule has 2 N–H and O–H groups in total. The summed E-state index contributed by atoms with van der Waals surface area (Å²) in [6.45, 7) is 3.19. The summed E-state index contributed by atoms with van der Waals surface area (Å²) in [6.07, 6.45) is 3.87. The van der Waals surface area contributed by atoms with Crippen LogP contribution in [0.2, 0.25) is 0 Å². The standard InChI is InChI=1S/C5H14OSi.H2O/c1-2-3-4-5-6-7;/h2-5H2,1,7H3;1H2. The van der Waals surface area contributed by atoms with Gasteiger partial charge in [0.1, 0.15) is 10.5 Å². The van der Waals surface area contributed by atoms with Crippen LogP contribution in [0.5, 0.6) is 0 Å². The summed E-state index contributed by atoms with van der Waals surface area (Å²) in [6, 6.07) is 0. The van der Waals surface area contributed by atoms with E-state index >= 15 is 0 Å². The summed E-state index contributed by atoms with van der Waals surface area (Å²) in [5.41, 5.74) is 0. The predicted octanol–water partition coefficient (Wildman–Crippen LogP) is -0.351. The highest BCUT2D eigenvalue weighted by Crippen LogP contribution is 1.91. The van der Waals surface area contributed by atoms with Gasteiger partial charge in [-0.3, -0.25) is 0 Å². The van der Waals surface area contributed by atoms with E-state index in [0.717, 1.165) is 17.1 Å². The van der Waals surface area contributed by atoms with Gasteiger partial charge in [-0.2, -0.15) is 0 Å². The Morgan fingerprint density at radius 2 is 2.00 bits per heavy atom. The van der Waals surface area contributed by atoms with E-state index in [4.69, 9.17) is 4.43 Å². The van der Waals surface area contributed by atoms with E-state index in [1.54, 1.807) is 0 Å². The Labute approximate surface area is 54.1 Å². The van der Waals surface area contributed by atoms with Crippen LogP contribution in [0.4, 0.5) is 0 Å². The lowest BCUT2D eigenvalue weighted by atomic mass is 10.3. The summed E-state index contributed by atoms with van der Waals surface area (Å²) in [5, 5.41) is 0. The summed E-state index contributed by atoms with van der Waals surface area (Å²) in [5.74, 6) is 0. The molecule has 3 heteroatoms. The molecule has 0 rings (SSSR count). The fourth-order valence-corrected chi connectivity index (χ4v) is 0.785. The molecule has 0 bridgehead atoms. The van der Waals surface area contributed by atoms with Gasteiger partial charge in [0.05, 0.1) is 0 Å². The van der Waals surface area contributed by atoms with Crippen LogP contribution in [0.25, 0.3) is 0 Å². The average molecular weight is 136 g/mol. The number of unbranched alkanes of at least 4 members (excludes halogenated alkanes) is 2. The van der Waals surface area contributed by atoms with Gasteiger partial charge in [-0.05, 0) is 6.42 Å². The highest BCUT2D eigenvalue weighted by Gasteiger charge is 1.79. The van der Waals surface area contributed by atoms with Crippen LogP contribution >= 0.6 is 0 Å². The van der Waals surface area contributed by atoms with Gasteiger partial charge in [0, 0.05) is 6.61 Å². The molecule has 0 saturated carbocycles. The van der Waals surface area contributed by atoms with Crippen LogP contribution in [-0.2, 0) is 4.43 Å². The van der Waals surface area contributed by atoms with Crippen LogP contribution in [0.15, 0.2) is 0 Å². The van der Waals surface area contributed by atoms with Gasteiger partial charge in [-0.15, -0.1) is 0 Å². The molecule has 0 saturated heterocycles. The molecular weight excluding hydrogens is 120 g/mol. The molecule has 0 amide bonds. The first kappa shape index (κ1) is 11.0. The van der Waals surface area contributed by atoms with Gasteiger partial charge in [0.15, 0.2) is 0 Å². The molecule has 0 aromatic heterocycles. The van der Waals surface area contributed by atoms with Crippen LogP contribution in [0.3, 0.4) is 0 Å². The maximum atomic E-state index is 4.98. The molecule has 0 unspecified atom stereocenters. The lowest BCUT2D eigenvalue weighted by Crippen LogP contribution is -1.87. The topological polar surface area (TPSA) is 40.7 Å². The fourth-order valence-electron chi connectivity index (χ4n) is 0.496. The molecule has 0 aliphatic rings. The van der Waals surface area contributed by atoms with E-state index < -0.39 is 0 Å². The Hall–Kier alpha value is 0.137. The van der Waals surface area contributed by atoms with Crippen molar-refractivity contribution in [3.05, 3.63) is 0 Å². The van der Waals surface area contributed by atoms with Crippen molar-refractivity contribution in [2.75, 3.05) is 6.61 Å². The molecule has 0 heterocycles. The molecule has 0 aromatic rings. The zero-order chi connectivity index (χ0) is 5.54. The zero-order valence-corrected chi connectivity index (χ0v) is 7.74.